The van der Waals surface area contributed by atoms with Crippen molar-refractivity contribution in [1.82, 2.24) is 0 Å². The van der Waals surface area contributed by atoms with Gasteiger partial charge in [-0.15, -0.1) is 0 Å². The highest BCUT2D eigenvalue weighted by molar-refractivity contribution is 7.91. The molecule has 0 aliphatic rings. The second-order valence-electron chi connectivity index (χ2n) is 3.49. The van der Waals surface area contributed by atoms with Crippen LogP contribution < -0.4 is 4.74 Å². The summed E-state index contributed by atoms with van der Waals surface area (Å²) in [6, 6.07) is 3.44. The Morgan fingerprint density at radius 1 is 1.20 bits per heavy atom. The Hall–Kier alpha value is -1.03. The molecule has 1 rings (SSSR count). The van der Waals surface area contributed by atoms with Crippen LogP contribution in [-0.2, 0) is 9.84 Å². The lowest BCUT2D eigenvalue weighted by molar-refractivity contribution is 0.411. The summed E-state index contributed by atoms with van der Waals surface area (Å²) in [6.07, 6.45) is 0. The van der Waals surface area contributed by atoms with Crippen molar-refractivity contribution in [3.8, 4) is 5.75 Å². The van der Waals surface area contributed by atoms with Crippen molar-refractivity contribution < 1.29 is 13.2 Å². The van der Waals surface area contributed by atoms with Crippen LogP contribution in [0.2, 0.25) is 0 Å². The number of hydrogen-bond donors (Lipinski definition) is 0. The third-order valence-corrected chi connectivity index (χ3v) is 4.28. The Balaban J connectivity index is 3.41. The number of aryl methyl sites for hydroxylation is 2. The molecule has 4 heteroatoms. The van der Waals surface area contributed by atoms with Crippen LogP contribution in [0, 0.1) is 13.8 Å². The SMILES string of the molecule is CCS(=O)(=O)c1cc(C)c(OC)cc1C. The minimum atomic E-state index is -3.13. The van der Waals surface area contributed by atoms with Crippen LogP contribution in [0.25, 0.3) is 0 Å². The third kappa shape index (κ3) is 2.31. The minimum absolute atomic E-state index is 0.125. The molecule has 0 fully saturated rings. The molecule has 0 unspecified atom stereocenters. The molecule has 0 bridgehead atoms. The Morgan fingerprint density at radius 2 is 1.80 bits per heavy atom. The fourth-order valence-corrected chi connectivity index (χ4v) is 2.69. The third-order valence-electron chi connectivity index (χ3n) is 2.41. The maximum atomic E-state index is 11.7. The number of hydrogen-bond acceptors (Lipinski definition) is 3. The standard InChI is InChI=1S/C11H16O3S/c1-5-15(12,13)11-7-8(2)10(14-4)6-9(11)3/h6-7H,5H2,1-4H3. The molecule has 0 saturated carbocycles. The van der Waals surface area contributed by atoms with Crippen molar-refractivity contribution in [3.05, 3.63) is 23.3 Å². The Kier molecular flexibility index (Phi) is 3.39. The predicted molar refractivity (Wildman–Crippen MR) is 60.2 cm³/mol. The number of methoxy groups -OCH3 is 1. The molecule has 0 atom stereocenters. The van der Waals surface area contributed by atoms with Gasteiger partial charge in [0, 0.05) is 0 Å². The normalized spacial score (nSPS) is 11.5. The Morgan fingerprint density at radius 3 is 2.27 bits per heavy atom. The summed E-state index contributed by atoms with van der Waals surface area (Å²) >= 11 is 0. The highest BCUT2D eigenvalue weighted by Gasteiger charge is 2.16. The Labute approximate surface area is 91.0 Å². The molecule has 3 nitrogen and oxygen atoms in total. The van der Waals surface area contributed by atoms with Gasteiger partial charge < -0.3 is 4.74 Å². The lowest BCUT2D eigenvalue weighted by Gasteiger charge is -2.10. The van der Waals surface area contributed by atoms with Crippen molar-refractivity contribution in [2.75, 3.05) is 12.9 Å². The van der Waals surface area contributed by atoms with Crippen molar-refractivity contribution in [2.24, 2.45) is 0 Å². The monoisotopic (exact) mass is 228 g/mol. The number of benzene rings is 1. The number of ether oxygens (including phenoxy) is 1. The lowest BCUT2D eigenvalue weighted by Crippen LogP contribution is -2.06. The summed E-state index contributed by atoms with van der Waals surface area (Å²) in [5, 5.41) is 0. The molecule has 0 saturated heterocycles. The molecule has 0 radical (unpaired) electrons. The lowest BCUT2D eigenvalue weighted by atomic mass is 10.1. The zero-order valence-electron chi connectivity index (χ0n) is 9.49. The highest BCUT2D eigenvalue weighted by atomic mass is 32.2. The molecule has 15 heavy (non-hydrogen) atoms. The molecule has 1 aromatic rings. The van der Waals surface area contributed by atoms with Gasteiger partial charge in [0.05, 0.1) is 17.8 Å². The fraction of sp³-hybridized carbons (Fsp3) is 0.455. The van der Waals surface area contributed by atoms with Gasteiger partial charge in [0.1, 0.15) is 5.75 Å². The summed E-state index contributed by atoms with van der Waals surface area (Å²) in [7, 11) is -1.55. The van der Waals surface area contributed by atoms with E-state index in [0.717, 1.165) is 16.9 Å². The zero-order chi connectivity index (χ0) is 11.6. The maximum absolute atomic E-state index is 11.7. The molecule has 0 aliphatic heterocycles. The van der Waals surface area contributed by atoms with E-state index < -0.39 is 9.84 Å². The smallest absolute Gasteiger partial charge is 0.178 e. The quantitative estimate of drug-likeness (QED) is 0.795. The van der Waals surface area contributed by atoms with Crippen LogP contribution in [0.5, 0.6) is 5.75 Å². The van der Waals surface area contributed by atoms with Crippen LogP contribution >= 0.6 is 0 Å². The summed E-state index contributed by atoms with van der Waals surface area (Å²) in [5.74, 6) is 0.849. The molecular formula is C11H16O3S. The van der Waals surface area contributed by atoms with Gasteiger partial charge in [-0.1, -0.05) is 6.92 Å². The van der Waals surface area contributed by atoms with E-state index in [2.05, 4.69) is 0 Å². The predicted octanol–water partition coefficient (Wildman–Crippen LogP) is 2.11. The fourth-order valence-electron chi connectivity index (χ4n) is 1.47. The van der Waals surface area contributed by atoms with E-state index >= 15 is 0 Å². The van der Waals surface area contributed by atoms with Gasteiger partial charge in [-0.05, 0) is 37.1 Å². The summed E-state index contributed by atoms with van der Waals surface area (Å²) in [6.45, 7) is 5.27. The summed E-state index contributed by atoms with van der Waals surface area (Å²) in [4.78, 5) is 0.406. The second-order valence-corrected chi connectivity index (χ2v) is 5.74. The average Bonchev–Trinajstić information content (AvgIpc) is 2.20. The number of sulfone groups is 1. The van der Waals surface area contributed by atoms with Gasteiger partial charge in [-0.25, -0.2) is 8.42 Å². The minimum Gasteiger partial charge on any atom is -0.496 e. The first-order valence-electron chi connectivity index (χ1n) is 4.80. The molecule has 0 aliphatic carbocycles. The first-order chi connectivity index (χ1) is 6.92. The average molecular weight is 228 g/mol. The van der Waals surface area contributed by atoms with Crippen LogP contribution in [0.3, 0.4) is 0 Å². The van der Waals surface area contributed by atoms with Gasteiger partial charge in [0.15, 0.2) is 9.84 Å². The molecular weight excluding hydrogens is 212 g/mol. The highest BCUT2D eigenvalue weighted by Crippen LogP contribution is 2.26. The van der Waals surface area contributed by atoms with E-state index in [0.29, 0.717) is 4.90 Å². The number of rotatable bonds is 3. The first kappa shape index (κ1) is 12.0. The van der Waals surface area contributed by atoms with Crippen molar-refractivity contribution in [2.45, 2.75) is 25.7 Å². The largest absolute Gasteiger partial charge is 0.496 e. The maximum Gasteiger partial charge on any atom is 0.178 e. The van der Waals surface area contributed by atoms with Gasteiger partial charge in [-0.2, -0.15) is 0 Å². The molecule has 0 amide bonds. The van der Waals surface area contributed by atoms with Crippen molar-refractivity contribution in [1.29, 1.82) is 0 Å². The van der Waals surface area contributed by atoms with E-state index in [1.807, 2.05) is 6.92 Å². The van der Waals surface area contributed by atoms with Gasteiger partial charge in [-0.3, -0.25) is 0 Å². The Bertz CT molecular complexity index is 461. The van der Waals surface area contributed by atoms with Gasteiger partial charge in [0.2, 0.25) is 0 Å². The zero-order valence-corrected chi connectivity index (χ0v) is 10.3. The molecule has 0 N–H and O–H groups in total. The van der Waals surface area contributed by atoms with Crippen LogP contribution in [0.1, 0.15) is 18.1 Å². The van der Waals surface area contributed by atoms with Crippen LogP contribution in [-0.4, -0.2) is 21.3 Å². The van der Waals surface area contributed by atoms with E-state index in [9.17, 15) is 8.42 Å². The van der Waals surface area contributed by atoms with Crippen LogP contribution in [0.15, 0.2) is 17.0 Å². The first-order valence-corrected chi connectivity index (χ1v) is 6.45. The molecule has 84 valence electrons. The molecule has 0 heterocycles. The van der Waals surface area contributed by atoms with Gasteiger partial charge >= 0.3 is 0 Å². The van der Waals surface area contributed by atoms with E-state index in [4.69, 9.17) is 4.74 Å². The van der Waals surface area contributed by atoms with Crippen LogP contribution in [0.4, 0.5) is 0 Å². The molecule has 0 spiro atoms. The summed E-state index contributed by atoms with van der Waals surface area (Å²) < 4.78 is 28.6. The second kappa shape index (κ2) is 4.23. The van der Waals surface area contributed by atoms with E-state index in [-0.39, 0.29) is 5.75 Å². The molecule has 0 aromatic heterocycles. The van der Waals surface area contributed by atoms with Crippen molar-refractivity contribution in [3.63, 3.8) is 0 Å². The van der Waals surface area contributed by atoms with E-state index in [1.165, 1.54) is 0 Å². The van der Waals surface area contributed by atoms with Crippen molar-refractivity contribution >= 4 is 9.84 Å². The van der Waals surface area contributed by atoms with Gasteiger partial charge in [0.25, 0.3) is 0 Å². The topological polar surface area (TPSA) is 43.4 Å². The molecule has 1 aromatic carbocycles. The summed E-state index contributed by atoms with van der Waals surface area (Å²) in [5.41, 5.74) is 1.58. The van der Waals surface area contributed by atoms with E-state index in [1.54, 1.807) is 33.1 Å².